The highest BCUT2D eigenvalue weighted by Gasteiger charge is 2.48. The number of alkyl halides is 6. The number of hydrogen-bond donors (Lipinski definition) is 1. The average molecular weight is 426 g/mol. The predicted molar refractivity (Wildman–Crippen MR) is 77.2 cm³/mol. The molecule has 14 heteroatoms. The van der Waals surface area contributed by atoms with Gasteiger partial charge in [-0.1, -0.05) is 36.4 Å². The molecule has 0 saturated heterocycles. The molecule has 0 atom stereocenters. The van der Waals surface area contributed by atoms with E-state index in [0.29, 0.717) is 10.8 Å². The summed E-state index contributed by atoms with van der Waals surface area (Å²) in [6.07, 6.45) is 0. The molecular formula is C12H8F6O6S2. The van der Waals surface area contributed by atoms with Crippen molar-refractivity contribution in [3.8, 4) is 5.75 Å². The van der Waals surface area contributed by atoms with Crippen LogP contribution in [0.25, 0.3) is 10.8 Å². The second kappa shape index (κ2) is 7.28. The maximum Gasteiger partial charge on any atom is 0.534 e. The van der Waals surface area contributed by atoms with Gasteiger partial charge in [-0.2, -0.15) is 43.2 Å². The van der Waals surface area contributed by atoms with Crippen LogP contribution in [0.5, 0.6) is 5.75 Å². The van der Waals surface area contributed by atoms with Crippen molar-refractivity contribution in [1.82, 2.24) is 0 Å². The van der Waals surface area contributed by atoms with E-state index >= 15 is 0 Å². The molecular weight excluding hydrogens is 418 g/mol. The predicted octanol–water partition coefficient (Wildman–Crippen LogP) is 3.46. The van der Waals surface area contributed by atoms with Gasteiger partial charge in [0.25, 0.3) is 0 Å². The quantitative estimate of drug-likeness (QED) is 0.342. The highest BCUT2D eigenvalue weighted by molar-refractivity contribution is 7.88. The summed E-state index contributed by atoms with van der Waals surface area (Å²) in [5.41, 5.74) is -11.0. The molecule has 0 amide bonds. The summed E-state index contributed by atoms with van der Waals surface area (Å²) in [6, 6.07) is 10.6. The van der Waals surface area contributed by atoms with Gasteiger partial charge >= 0.3 is 31.3 Å². The summed E-state index contributed by atoms with van der Waals surface area (Å²) in [5.74, 6) is -0.342. The molecule has 0 saturated carbocycles. The van der Waals surface area contributed by atoms with Crippen LogP contribution in [0, 0.1) is 0 Å². The zero-order valence-corrected chi connectivity index (χ0v) is 13.7. The van der Waals surface area contributed by atoms with Crippen molar-refractivity contribution >= 4 is 31.0 Å². The normalized spacial score (nSPS) is 13.0. The van der Waals surface area contributed by atoms with Gasteiger partial charge in [-0.3, -0.25) is 4.55 Å². The molecule has 0 aromatic heterocycles. The Morgan fingerprint density at radius 1 is 0.769 bits per heavy atom. The number of rotatable bonds is 2. The zero-order valence-electron chi connectivity index (χ0n) is 12.1. The van der Waals surface area contributed by atoms with Crippen molar-refractivity contribution in [2.45, 2.75) is 11.0 Å². The standard InChI is InChI=1S/C11H7F3O3S.CHF3O3S/c12-11(13,14)18(15,16)17-10-7-3-5-8-4-1-2-6-9(8)10;2-1(3,4)8(5,6)7/h1-7H;(H,5,6,7). The van der Waals surface area contributed by atoms with Gasteiger partial charge in [0.15, 0.2) is 5.75 Å². The van der Waals surface area contributed by atoms with Crippen molar-refractivity contribution in [1.29, 1.82) is 0 Å². The van der Waals surface area contributed by atoms with Crippen LogP contribution in [-0.4, -0.2) is 32.4 Å². The summed E-state index contributed by atoms with van der Waals surface area (Å²) in [7, 11) is -11.5. The number of halogens is 6. The molecule has 0 aliphatic rings. The summed E-state index contributed by atoms with van der Waals surface area (Å²) < 4.78 is 120. The minimum atomic E-state index is -5.84. The first-order valence-corrected chi connectivity index (χ1v) is 8.93. The van der Waals surface area contributed by atoms with Crippen molar-refractivity contribution in [2.75, 3.05) is 0 Å². The van der Waals surface area contributed by atoms with Gasteiger partial charge < -0.3 is 4.18 Å². The lowest BCUT2D eigenvalue weighted by Gasteiger charge is -2.11. The summed E-state index contributed by atoms with van der Waals surface area (Å²) in [4.78, 5) is 0. The Morgan fingerprint density at radius 3 is 1.69 bits per heavy atom. The van der Waals surface area contributed by atoms with Crippen LogP contribution < -0.4 is 4.18 Å². The Balaban J connectivity index is 0.000000359. The van der Waals surface area contributed by atoms with E-state index in [1.165, 1.54) is 18.2 Å². The Labute approximate surface area is 142 Å². The van der Waals surface area contributed by atoms with Gasteiger partial charge in [0, 0.05) is 5.39 Å². The summed E-state index contributed by atoms with van der Waals surface area (Å²) >= 11 is 0. The minimum absolute atomic E-state index is 0.299. The molecule has 0 spiro atoms. The monoisotopic (exact) mass is 426 g/mol. The maximum atomic E-state index is 12.2. The molecule has 146 valence electrons. The second-order valence-electron chi connectivity index (χ2n) is 4.38. The van der Waals surface area contributed by atoms with Crippen LogP contribution >= 0.6 is 0 Å². The minimum Gasteiger partial charge on any atom is -0.375 e. The topological polar surface area (TPSA) is 97.7 Å². The molecule has 2 aromatic rings. The van der Waals surface area contributed by atoms with Crippen LogP contribution in [-0.2, 0) is 20.2 Å². The Bertz CT molecular complexity index is 974. The molecule has 0 bridgehead atoms. The lowest BCUT2D eigenvalue weighted by atomic mass is 10.1. The van der Waals surface area contributed by atoms with Crippen molar-refractivity contribution < 1.29 is 51.9 Å². The molecule has 6 nitrogen and oxygen atoms in total. The molecule has 1 N–H and O–H groups in total. The Hall–Kier alpha value is -2.06. The first kappa shape index (κ1) is 22.0. The van der Waals surface area contributed by atoms with Gasteiger partial charge in [0.05, 0.1) is 0 Å². The fourth-order valence-corrected chi connectivity index (χ4v) is 1.91. The summed E-state index contributed by atoms with van der Waals surface area (Å²) in [5, 5.41) is 0.889. The van der Waals surface area contributed by atoms with E-state index < -0.39 is 31.3 Å². The molecule has 0 unspecified atom stereocenters. The van der Waals surface area contributed by atoms with Gasteiger partial charge in [0.1, 0.15) is 0 Å². The number of fused-ring (bicyclic) bond motifs is 1. The van der Waals surface area contributed by atoms with Crippen LogP contribution in [0.3, 0.4) is 0 Å². The molecule has 0 heterocycles. The van der Waals surface area contributed by atoms with E-state index in [0.717, 1.165) is 0 Å². The van der Waals surface area contributed by atoms with Crippen LogP contribution in [0.4, 0.5) is 26.3 Å². The highest BCUT2D eigenvalue weighted by Crippen LogP contribution is 2.31. The molecule has 0 aliphatic carbocycles. The first-order valence-electron chi connectivity index (χ1n) is 6.08. The van der Waals surface area contributed by atoms with E-state index in [1.54, 1.807) is 24.3 Å². The third kappa shape index (κ3) is 5.47. The van der Waals surface area contributed by atoms with E-state index in [4.69, 9.17) is 13.0 Å². The van der Waals surface area contributed by atoms with E-state index in [9.17, 15) is 34.8 Å². The smallest absolute Gasteiger partial charge is 0.375 e. The zero-order chi connectivity index (χ0) is 20.4. The largest absolute Gasteiger partial charge is 0.534 e. The molecule has 2 rings (SSSR count). The molecule has 0 fully saturated rings. The van der Waals surface area contributed by atoms with Crippen LogP contribution in [0.1, 0.15) is 0 Å². The SMILES string of the molecule is O=S(=O)(O)C(F)(F)F.O=S(=O)(Oc1cccc2ccccc12)C(F)(F)F. The van der Waals surface area contributed by atoms with Crippen LogP contribution in [0.15, 0.2) is 42.5 Å². The lowest BCUT2D eigenvalue weighted by Crippen LogP contribution is -2.28. The van der Waals surface area contributed by atoms with E-state index in [1.807, 2.05) is 0 Å². The van der Waals surface area contributed by atoms with Crippen molar-refractivity contribution in [3.05, 3.63) is 42.5 Å². The van der Waals surface area contributed by atoms with E-state index in [2.05, 4.69) is 4.18 Å². The van der Waals surface area contributed by atoms with Gasteiger partial charge in [-0.05, 0) is 11.5 Å². The highest BCUT2D eigenvalue weighted by atomic mass is 32.2. The van der Waals surface area contributed by atoms with E-state index in [-0.39, 0.29) is 5.75 Å². The number of hydrogen-bond acceptors (Lipinski definition) is 5. The Kier molecular flexibility index (Phi) is 6.16. The van der Waals surface area contributed by atoms with Crippen molar-refractivity contribution in [2.24, 2.45) is 0 Å². The van der Waals surface area contributed by atoms with Gasteiger partial charge in [-0.25, -0.2) is 0 Å². The van der Waals surface area contributed by atoms with Gasteiger partial charge in [0.2, 0.25) is 0 Å². The second-order valence-corrected chi connectivity index (χ2v) is 7.33. The molecule has 0 aliphatic heterocycles. The third-order valence-corrected chi connectivity index (χ3v) is 4.08. The lowest BCUT2D eigenvalue weighted by molar-refractivity contribution is -0.0512. The van der Waals surface area contributed by atoms with Crippen molar-refractivity contribution in [3.63, 3.8) is 0 Å². The average Bonchev–Trinajstić information content (AvgIpc) is 2.44. The third-order valence-electron chi connectivity index (χ3n) is 2.53. The maximum absolute atomic E-state index is 12.2. The molecule has 26 heavy (non-hydrogen) atoms. The fourth-order valence-electron chi connectivity index (χ4n) is 1.43. The fraction of sp³-hybridized carbons (Fsp3) is 0.167. The number of benzene rings is 2. The molecule has 0 radical (unpaired) electrons. The molecule has 2 aromatic carbocycles. The Morgan fingerprint density at radius 2 is 1.23 bits per heavy atom. The van der Waals surface area contributed by atoms with Gasteiger partial charge in [-0.15, -0.1) is 0 Å². The van der Waals surface area contributed by atoms with Crippen LogP contribution in [0.2, 0.25) is 0 Å². The summed E-state index contributed by atoms with van der Waals surface area (Å²) in [6.45, 7) is 0. The first-order chi connectivity index (χ1) is 11.6.